The lowest BCUT2D eigenvalue weighted by molar-refractivity contribution is 0.101. The molecule has 0 N–H and O–H groups in total. The molecule has 0 bridgehead atoms. The van der Waals surface area contributed by atoms with Crippen molar-refractivity contribution in [3.8, 4) is 0 Å². The van der Waals surface area contributed by atoms with Crippen LogP contribution in [0.5, 0.6) is 0 Å². The number of benzene rings is 1. The molecule has 1 aromatic heterocycles. The van der Waals surface area contributed by atoms with Crippen molar-refractivity contribution in [1.82, 2.24) is 0 Å². The molecule has 1 heterocycles. The third kappa shape index (κ3) is 2.18. The summed E-state index contributed by atoms with van der Waals surface area (Å²) >= 11 is 8.57. The minimum absolute atomic E-state index is 0.128. The molecule has 5 heteroatoms. The van der Waals surface area contributed by atoms with Crippen molar-refractivity contribution in [1.29, 1.82) is 0 Å². The van der Waals surface area contributed by atoms with E-state index in [0.717, 1.165) is 0 Å². The third-order valence-corrected chi connectivity index (χ3v) is 2.79. The van der Waals surface area contributed by atoms with Crippen LogP contribution in [-0.2, 0) is 0 Å². The van der Waals surface area contributed by atoms with Crippen LogP contribution < -0.4 is 0 Å². The maximum atomic E-state index is 13.0. The molecule has 0 saturated carbocycles. The van der Waals surface area contributed by atoms with Gasteiger partial charge in [-0.2, -0.15) is 0 Å². The highest BCUT2D eigenvalue weighted by atomic mass is 79.9. The van der Waals surface area contributed by atoms with Crippen LogP contribution in [0.3, 0.4) is 0 Å². The first-order valence-electron chi connectivity index (χ1n) is 4.33. The van der Waals surface area contributed by atoms with Gasteiger partial charge in [0.15, 0.2) is 11.0 Å². The van der Waals surface area contributed by atoms with Crippen molar-refractivity contribution in [2.45, 2.75) is 0 Å². The van der Waals surface area contributed by atoms with Gasteiger partial charge in [-0.25, -0.2) is 4.39 Å². The molecule has 0 fully saturated rings. The van der Waals surface area contributed by atoms with Crippen molar-refractivity contribution >= 4 is 33.3 Å². The Morgan fingerprint density at radius 3 is 2.62 bits per heavy atom. The van der Waals surface area contributed by atoms with Crippen molar-refractivity contribution in [2.75, 3.05) is 0 Å². The van der Waals surface area contributed by atoms with Gasteiger partial charge in [-0.15, -0.1) is 0 Å². The molecule has 2 rings (SSSR count). The van der Waals surface area contributed by atoms with Crippen LogP contribution in [0.25, 0.3) is 0 Å². The first-order chi connectivity index (χ1) is 7.58. The first kappa shape index (κ1) is 11.4. The summed E-state index contributed by atoms with van der Waals surface area (Å²) in [6, 6.07) is 6.95. The summed E-state index contributed by atoms with van der Waals surface area (Å²) in [4.78, 5) is 11.8. The van der Waals surface area contributed by atoms with E-state index in [0.29, 0.717) is 5.56 Å². The maximum Gasteiger partial charge on any atom is 0.228 e. The Kier molecular flexibility index (Phi) is 3.12. The molecule has 0 aliphatic carbocycles. The van der Waals surface area contributed by atoms with Gasteiger partial charge in [-0.05, 0) is 57.9 Å². The highest BCUT2D eigenvalue weighted by Crippen LogP contribution is 2.21. The second-order valence-corrected chi connectivity index (χ2v) is 4.29. The van der Waals surface area contributed by atoms with Crippen molar-refractivity contribution in [2.24, 2.45) is 0 Å². The monoisotopic (exact) mass is 302 g/mol. The van der Waals surface area contributed by atoms with E-state index in [1.807, 2.05) is 0 Å². The summed E-state index contributed by atoms with van der Waals surface area (Å²) in [5.74, 6) is -0.634. The lowest BCUT2D eigenvalue weighted by Gasteiger charge is -1.99. The van der Waals surface area contributed by atoms with Gasteiger partial charge in [-0.3, -0.25) is 4.79 Å². The van der Waals surface area contributed by atoms with Crippen molar-refractivity contribution < 1.29 is 13.6 Å². The van der Waals surface area contributed by atoms with Crippen LogP contribution in [0.2, 0.25) is 5.22 Å². The third-order valence-electron chi connectivity index (χ3n) is 1.98. The smallest absolute Gasteiger partial charge is 0.228 e. The van der Waals surface area contributed by atoms with Gasteiger partial charge >= 0.3 is 0 Å². The molecule has 2 aromatic rings. The van der Waals surface area contributed by atoms with Gasteiger partial charge in [0.05, 0.1) is 4.47 Å². The molecule has 82 valence electrons. The van der Waals surface area contributed by atoms with Crippen LogP contribution in [0.4, 0.5) is 4.39 Å². The summed E-state index contributed by atoms with van der Waals surface area (Å²) < 4.78 is 18.2. The maximum absolute atomic E-state index is 13.0. The van der Waals surface area contributed by atoms with E-state index in [9.17, 15) is 9.18 Å². The summed E-state index contributed by atoms with van der Waals surface area (Å²) in [5.41, 5.74) is 0.333. The zero-order chi connectivity index (χ0) is 11.7. The zero-order valence-corrected chi connectivity index (χ0v) is 10.2. The van der Waals surface area contributed by atoms with Crippen molar-refractivity contribution in [3.05, 3.63) is 57.2 Å². The fraction of sp³-hybridized carbons (Fsp3) is 0. The van der Waals surface area contributed by atoms with Crippen LogP contribution in [-0.4, -0.2) is 5.78 Å². The van der Waals surface area contributed by atoms with Gasteiger partial charge in [-0.1, -0.05) is 0 Å². The quantitative estimate of drug-likeness (QED) is 0.783. The predicted octanol–water partition coefficient (Wildman–Crippen LogP) is 4.07. The van der Waals surface area contributed by atoms with E-state index in [1.165, 1.54) is 30.3 Å². The first-order valence-corrected chi connectivity index (χ1v) is 5.50. The number of hydrogen-bond donors (Lipinski definition) is 0. The minimum atomic E-state index is -0.422. The molecule has 0 atom stereocenters. The molecule has 1 aromatic carbocycles. The Balaban J connectivity index is 2.38. The molecule has 0 unspecified atom stereocenters. The largest absolute Gasteiger partial charge is 0.441 e. The van der Waals surface area contributed by atoms with E-state index >= 15 is 0 Å². The molecule has 0 spiro atoms. The van der Waals surface area contributed by atoms with E-state index in [2.05, 4.69) is 15.9 Å². The molecular formula is C11H5BrClFO2. The van der Waals surface area contributed by atoms with E-state index in [-0.39, 0.29) is 21.2 Å². The summed E-state index contributed by atoms with van der Waals surface area (Å²) in [6.45, 7) is 0. The van der Waals surface area contributed by atoms with Crippen LogP contribution in [0.15, 0.2) is 39.2 Å². The predicted molar refractivity (Wildman–Crippen MR) is 61.3 cm³/mol. The Labute approximate surface area is 104 Å². The number of halogens is 3. The average molecular weight is 304 g/mol. The SMILES string of the molecule is O=C(c1ccc(F)c(Br)c1)c1ccc(Cl)o1. The van der Waals surface area contributed by atoms with Gasteiger partial charge < -0.3 is 4.42 Å². The Morgan fingerprint density at radius 1 is 1.31 bits per heavy atom. The van der Waals surface area contributed by atoms with Gasteiger partial charge in [0, 0.05) is 5.56 Å². The molecule has 2 nitrogen and oxygen atoms in total. The molecule has 0 amide bonds. The standard InChI is InChI=1S/C11H5BrClFO2/c12-7-5-6(1-2-8(7)14)11(15)9-3-4-10(13)16-9/h1-5H. The second-order valence-electron chi connectivity index (χ2n) is 3.06. The average Bonchev–Trinajstić information content (AvgIpc) is 2.68. The Morgan fingerprint density at radius 2 is 2.06 bits per heavy atom. The molecule has 0 radical (unpaired) electrons. The normalized spacial score (nSPS) is 10.4. The van der Waals surface area contributed by atoms with Crippen LogP contribution in [0.1, 0.15) is 16.1 Å². The second kappa shape index (κ2) is 4.39. The summed E-state index contributed by atoms with van der Waals surface area (Å²) in [5, 5.41) is 0.143. The topological polar surface area (TPSA) is 30.2 Å². The fourth-order valence-electron chi connectivity index (χ4n) is 1.22. The number of furan rings is 1. The van der Waals surface area contributed by atoms with E-state index in [1.54, 1.807) is 0 Å². The number of carbonyl (C=O) groups is 1. The van der Waals surface area contributed by atoms with E-state index in [4.69, 9.17) is 16.0 Å². The molecule has 0 aliphatic rings. The van der Waals surface area contributed by atoms with Gasteiger partial charge in [0.1, 0.15) is 5.82 Å². The Bertz CT molecular complexity index is 551. The molecular weight excluding hydrogens is 298 g/mol. The Hall–Kier alpha value is -1.13. The van der Waals surface area contributed by atoms with Crippen molar-refractivity contribution in [3.63, 3.8) is 0 Å². The molecule has 0 saturated heterocycles. The van der Waals surface area contributed by atoms with Crippen LogP contribution >= 0.6 is 27.5 Å². The lowest BCUT2D eigenvalue weighted by Crippen LogP contribution is -1.99. The number of ketones is 1. The van der Waals surface area contributed by atoms with Gasteiger partial charge in [0.25, 0.3) is 0 Å². The van der Waals surface area contributed by atoms with E-state index < -0.39 is 5.82 Å². The highest BCUT2D eigenvalue weighted by Gasteiger charge is 2.14. The number of rotatable bonds is 2. The lowest BCUT2D eigenvalue weighted by atomic mass is 10.1. The molecule has 16 heavy (non-hydrogen) atoms. The summed E-state index contributed by atoms with van der Waals surface area (Å²) in [7, 11) is 0. The number of hydrogen-bond acceptors (Lipinski definition) is 2. The minimum Gasteiger partial charge on any atom is -0.441 e. The number of carbonyl (C=O) groups excluding carboxylic acids is 1. The molecule has 0 aliphatic heterocycles. The van der Waals surface area contributed by atoms with Gasteiger partial charge in [0.2, 0.25) is 5.78 Å². The summed E-state index contributed by atoms with van der Waals surface area (Å²) in [6.07, 6.45) is 0. The fourth-order valence-corrected chi connectivity index (χ4v) is 1.74. The van der Waals surface area contributed by atoms with Crippen LogP contribution in [0, 0.1) is 5.82 Å². The highest BCUT2D eigenvalue weighted by molar-refractivity contribution is 9.10. The zero-order valence-electron chi connectivity index (χ0n) is 7.84.